The molecule has 0 bridgehead atoms. The van der Waals surface area contributed by atoms with Crippen molar-refractivity contribution in [1.29, 1.82) is 0 Å². The number of hydrogen-bond donors (Lipinski definition) is 3. The zero-order chi connectivity index (χ0) is 24.0. The van der Waals surface area contributed by atoms with Gasteiger partial charge < -0.3 is 15.4 Å². The molecule has 2 aliphatic rings. The number of phenols is 1. The predicted molar refractivity (Wildman–Crippen MR) is 129 cm³/mol. The number of nitrogens with one attached hydrogen (secondary N) is 2. The third-order valence-electron chi connectivity index (χ3n) is 6.23. The summed E-state index contributed by atoms with van der Waals surface area (Å²) < 4.78 is 14.0. The monoisotopic (exact) mass is 477 g/mol. The molecule has 0 amide bonds. The number of H-pyrrole nitrogens is 1. The van der Waals surface area contributed by atoms with Gasteiger partial charge in [0, 0.05) is 29.4 Å². The van der Waals surface area contributed by atoms with Gasteiger partial charge in [0.15, 0.2) is 10.9 Å². The van der Waals surface area contributed by atoms with E-state index in [4.69, 9.17) is 0 Å². The molecule has 3 aromatic rings. The second-order valence-electron chi connectivity index (χ2n) is 9.50. The number of thioether (sulfide) groups is 1. The number of carbonyl (C=O) groups excluding carboxylic acids is 1. The molecule has 0 radical (unpaired) electrons. The van der Waals surface area contributed by atoms with Gasteiger partial charge in [0.05, 0.1) is 5.56 Å². The van der Waals surface area contributed by atoms with Crippen LogP contribution in [0.2, 0.25) is 0 Å². The summed E-state index contributed by atoms with van der Waals surface area (Å²) in [7, 11) is 0. The van der Waals surface area contributed by atoms with Crippen LogP contribution in [0.15, 0.2) is 69.8 Å². The van der Waals surface area contributed by atoms with Crippen LogP contribution in [0.1, 0.15) is 49.3 Å². The highest BCUT2D eigenvalue weighted by Crippen LogP contribution is 2.48. The Morgan fingerprint density at radius 1 is 1.15 bits per heavy atom. The van der Waals surface area contributed by atoms with Crippen molar-refractivity contribution in [3.8, 4) is 5.75 Å². The lowest BCUT2D eigenvalue weighted by Crippen LogP contribution is -2.37. The summed E-state index contributed by atoms with van der Waals surface area (Å²) in [6.07, 6.45) is 1.01. The maximum atomic E-state index is 14.0. The lowest BCUT2D eigenvalue weighted by atomic mass is 9.69. The van der Waals surface area contributed by atoms with Crippen LogP contribution in [0.25, 0.3) is 0 Å². The van der Waals surface area contributed by atoms with E-state index in [0.29, 0.717) is 51.8 Å². The smallest absolute Gasteiger partial charge is 0.257 e. The molecular formula is C26H24FN3O3S. The maximum Gasteiger partial charge on any atom is 0.257 e. The molecule has 1 aromatic heterocycles. The average Bonchev–Trinajstić information content (AvgIpc) is 2.76. The van der Waals surface area contributed by atoms with Gasteiger partial charge in [-0.3, -0.25) is 9.59 Å². The molecule has 8 heteroatoms. The van der Waals surface area contributed by atoms with Crippen molar-refractivity contribution in [1.82, 2.24) is 9.97 Å². The summed E-state index contributed by atoms with van der Waals surface area (Å²) in [5.74, 6) is -0.208. The van der Waals surface area contributed by atoms with Crippen molar-refractivity contribution in [3.63, 3.8) is 0 Å². The Balaban J connectivity index is 1.59. The number of aromatic nitrogens is 2. The van der Waals surface area contributed by atoms with Crippen LogP contribution in [0.5, 0.6) is 5.75 Å². The number of Topliss-reactive ketones (excluding diaryl/α,β-unsaturated/α-hetero) is 1. The first-order valence-electron chi connectivity index (χ1n) is 11.0. The molecule has 0 saturated heterocycles. The van der Waals surface area contributed by atoms with Gasteiger partial charge >= 0.3 is 0 Å². The standard InChI is InChI=1S/C26H24FN3O3S/c1-26(2)11-18-21(19(32)12-26)20(14-7-5-8-16(31)10-14)22-23(28-18)29-25(30-24(22)33)34-13-15-6-3-4-9-17(15)27/h3-10,20,31H,11-13H2,1-2H3,(H2,28,29,30,33). The fourth-order valence-corrected chi connectivity index (χ4v) is 5.61. The van der Waals surface area contributed by atoms with Gasteiger partial charge in [-0.05, 0) is 41.2 Å². The van der Waals surface area contributed by atoms with Crippen LogP contribution in [-0.2, 0) is 10.5 Å². The minimum Gasteiger partial charge on any atom is -0.508 e. The van der Waals surface area contributed by atoms with E-state index in [-0.39, 0.29) is 28.3 Å². The van der Waals surface area contributed by atoms with Gasteiger partial charge in [0.2, 0.25) is 0 Å². The number of hydrogen-bond acceptors (Lipinski definition) is 6. The minimum absolute atomic E-state index is 0.0184. The van der Waals surface area contributed by atoms with E-state index in [1.54, 1.807) is 42.5 Å². The highest BCUT2D eigenvalue weighted by atomic mass is 32.2. The lowest BCUT2D eigenvalue weighted by molar-refractivity contribution is -0.118. The van der Waals surface area contributed by atoms with Gasteiger partial charge in [-0.15, -0.1) is 0 Å². The summed E-state index contributed by atoms with van der Waals surface area (Å²) in [5.41, 5.74) is 2.22. The van der Waals surface area contributed by atoms with Gasteiger partial charge in [-0.2, -0.15) is 0 Å². The Bertz CT molecular complexity index is 1400. The van der Waals surface area contributed by atoms with Crippen molar-refractivity contribution >= 4 is 23.4 Å². The molecule has 5 rings (SSSR count). The molecule has 2 aromatic carbocycles. The second kappa shape index (κ2) is 8.43. The van der Waals surface area contributed by atoms with Crippen LogP contribution in [0, 0.1) is 11.2 Å². The number of phenolic OH excluding ortho intramolecular Hbond substituents is 1. The van der Waals surface area contributed by atoms with Crippen LogP contribution < -0.4 is 10.9 Å². The number of benzene rings is 2. The average molecular weight is 478 g/mol. The molecule has 1 atom stereocenters. The number of halogens is 1. The number of rotatable bonds is 4. The molecule has 2 heterocycles. The molecular weight excluding hydrogens is 453 g/mol. The largest absolute Gasteiger partial charge is 0.508 e. The molecule has 0 saturated carbocycles. The first-order valence-corrected chi connectivity index (χ1v) is 12.0. The topological polar surface area (TPSA) is 95.1 Å². The number of aromatic amines is 1. The Hall–Kier alpha value is -3.39. The summed E-state index contributed by atoms with van der Waals surface area (Å²) >= 11 is 1.23. The highest BCUT2D eigenvalue weighted by Gasteiger charge is 2.42. The van der Waals surface area contributed by atoms with E-state index >= 15 is 0 Å². The number of carbonyl (C=O) groups is 1. The number of allylic oxidation sites excluding steroid dienone is 2. The highest BCUT2D eigenvalue weighted by molar-refractivity contribution is 7.98. The summed E-state index contributed by atoms with van der Waals surface area (Å²) in [6.45, 7) is 4.08. The first kappa shape index (κ1) is 22.4. The Morgan fingerprint density at radius 2 is 1.94 bits per heavy atom. The van der Waals surface area contributed by atoms with Crippen LogP contribution in [0.4, 0.5) is 10.2 Å². The Morgan fingerprint density at radius 3 is 2.71 bits per heavy atom. The van der Waals surface area contributed by atoms with Crippen LogP contribution in [0.3, 0.4) is 0 Å². The zero-order valence-electron chi connectivity index (χ0n) is 18.8. The number of anilines is 1. The van der Waals surface area contributed by atoms with Crippen LogP contribution >= 0.6 is 11.8 Å². The second-order valence-corrected chi connectivity index (χ2v) is 10.5. The molecule has 0 fully saturated rings. The summed E-state index contributed by atoms with van der Waals surface area (Å²) in [5, 5.41) is 13.7. The molecule has 0 spiro atoms. The molecule has 1 aliphatic heterocycles. The van der Waals surface area contributed by atoms with Gasteiger partial charge in [-0.1, -0.05) is 55.9 Å². The summed E-state index contributed by atoms with van der Waals surface area (Å²) in [6, 6.07) is 13.1. The normalized spacial score (nSPS) is 18.8. The molecule has 6 nitrogen and oxygen atoms in total. The van der Waals surface area contributed by atoms with Crippen molar-refractivity contribution in [3.05, 3.63) is 92.7 Å². The fraction of sp³-hybridized carbons (Fsp3) is 0.269. The quantitative estimate of drug-likeness (QED) is 0.357. The number of aromatic hydroxyl groups is 1. The molecule has 3 N–H and O–H groups in total. The van der Waals surface area contributed by atoms with Crippen molar-refractivity contribution in [2.24, 2.45) is 5.41 Å². The SMILES string of the molecule is CC1(C)CC(=O)C2=C(C1)Nc1nc(SCc3ccccc3F)[nH]c(=O)c1C2c1cccc(O)c1. The number of nitrogens with zero attached hydrogens (tertiary/aromatic N) is 1. The molecule has 34 heavy (non-hydrogen) atoms. The van der Waals surface area contributed by atoms with E-state index in [0.717, 1.165) is 5.70 Å². The predicted octanol–water partition coefficient (Wildman–Crippen LogP) is 5.11. The fourth-order valence-electron chi connectivity index (χ4n) is 4.76. The van der Waals surface area contributed by atoms with Gasteiger partial charge in [0.1, 0.15) is 17.4 Å². The van der Waals surface area contributed by atoms with Crippen LogP contribution in [-0.4, -0.2) is 20.9 Å². The number of fused-ring (bicyclic) bond motifs is 1. The van der Waals surface area contributed by atoms with Gasteiger partial charge in [0.25, 0.3) is 5.56 Å². The first-order chi connectivity index (χ1) is 16.2. The minimum atomic E-state index is -0.635. The molecule has 1 aliphatic carbocycles. The maximum absolute atomic E-state index is 14.0. The van der Waals surface area contributed by atoms with Crippen molar-refractivity contribution in [2.45, 2.75) is 43.5 Å². The Labute approximate surface area is 200 Å². The molecule has 174 valence electrons. The Kier molecular flexibility index (Phi) is 5.56. The third kappa shape index (κ3) is 4.14. The van der Waals surface area contributed by atoms with E-state index in [2.05, 4.69) is 15.3 Å². The van der Waals surface area contributed by atoms with Gasteiger partial charge in [-0.25, -0.2) is 9.37 Å². The van der Waals surface area contributed by atoms with E-state index in [1.807, 2.05) is 13.8 Å². The molecule has 1 unspecified atom stereocenters. The van der Waals surface area contributed by atoms with Crippen molar-refractivity contribution < 1.29 is 14.3 Å². The van der Waals surface area contributed by atoms with E-state index < -0.39 is 5.92 Å². The number of ketones is 1. The van der Waals surface area contributed by atoms with Crippen molar-refractivity contribution in [2.75, 3.05) is 5.32 Å². The third-order valence-corrected chi connectivity index (χ3v) is 7.15. The van der Waals surface area contributed by atoms with E-state index in [9.17, 15) is 19.1 Å². The zero-order valence-corrected chi connectivity index (χ0v) is 19.6. The lowest BCUT2D eigenvalue weighted by Gasteiger charge is -2.38. The van der Waals surface area contributed by atoms with E-state index in [1.165, 1.54) is 17.8 Å². The summed E-state index contributed by atoms with van der Waals surface area (Å²) in [4.78, 5) is 34.0.